The van der Waals surface area contributed by atoms with Gasteiger partial charge in [-0.2, -0.15) is 0 Å². The zero-order valence-corrected chi connectivity index (χ0v) is 12.7. The molecule has 1 atom stereocenters. The molecule has 5 heteroatoms. The minimum absolute atomic E-state index is 0.392. The summed E-state index contributed by atoms with van der Waals surface area (Å²) in [5.74, 6) is 0. The fraction of sp³-hybridized carbons (Fsp3) is 0.571. The predicted molar refractivity (Wildman–Crippen MR) is 80.0 cm³/mol. The minimum atomic E-state index is 0.392. The van der Waals surface area contributed by atoms with E-state index in [-0.39, 0.29) is 0 Å². The van der Waals surface area contributed by atoms with Crippen LogP contribution in [0.3, 0.4) is 0 Å². The lowest BCUT2D eigenvalue weighted by Gasteiger charge is -2.36. The van der Waals surface area contributed by atoms with E-state index in [9.17, 15) is 0 Å². The summed E-state index contributed by atoms with van der Waals surface area (Å²) in [7, 11) is 0. The van der Waals surface area contributed by atoms with E-state index in [4.69, 9.17) is 27.9 Å². The van der Waals surface area contributed by atoms with Crippen molar-refractivity contribution < 1.29 is 4.74 Å². The highest BCUT2D eigenvalue weighted by Gasteiger charge is 2.23. The highest BCUT2D eigenvalue weighted by molar-refractivity contribution is 6.33. The Morgan fingerprint density at radius 1 is 1.42 bits per heavy atom. The largest absolute Gasteiger partial charge is 0.378 e. The first-order valence-electron chi connectivity index (χ1n) is 6.67. The van der Waals surface area contributed by atoms with Gasteiger partial charge in [-0.3, -0.25) is 4.90 Å². The number of likely N-dealkylation sites (N-methyl/N-ethyl adjacent to an activating group) is 1. The highest BCUT2D eigenvalue weighted by Crippen LogP contribution is 2.23. The Morgan fingerprint density at radius 2 is 2.26 bits per heavy atom. The zero-order chi connectivity index (χ0) is 13.7. The standard InChI is InChI=1S/C14H20Cl2N2O/c1-2-17-8-13-10-19-6-5-18(13)9-11-7-12(15)3-4-14(11)16/h3-4,7,13,17H,2,5-6,8-10H2,1H3. The van der Waals surface area contributed by atoms with Crippen molar-refractivity contribution in [2.75, 3.05) is 32.8 Å². The topological polar surface area (TPSA) is 24.5 Å². The molecule has 3 nitrogen and oxygen atoms in total. The van der Waals surface area contributed by atoms with Gasteiger partial charge in [-0.15, -0.1) is 0 Å². The summed E-state index contributed by atoms with van der Waals surface area (Å²) in [6.45, 7) is 7.32. The first-order chi connectivity index (χ1) is 9.20. The van der Waals surface area contributed by atoms with Crippen LogP contribution >= 0.6 is 23.2 Å². The summed E-state index contributed by atoms with van der Waals surface area (Å²) in [5, 5.41) is 4.89. The van der Waals surface area contributed by atoms with E-state index in [0.29, 0.717) is 6.04 Å². The molecule has 1 heterocycles. The third-order valence-corrected chi connectivity index (χ3v) is 3.96. The second-order valence-corrected chi connectivity index (χ2v) is 5.59. The second-order valence-electron chi connectivity index (χ2n) is 4.74. The molecule has 19 heavy (non-hydrogen) atoms. The summed E-state index contributed by atoms with van der Waals surface area (Å²) in [6, 6.07) is 6.02. The molecular weight excluding hydrogens is 283 g/mol. The van der Waals surface area contributed by atoms with Crippen molar-refractivity contribution in [2.24, 2.45) is 0 Å². The van der Waals surface area contributed by atoms with Gasteiger partial charge in [0.1, 0.15) is 0 Å². The third kappa shape index (κ3) is 4.33. The molecule has 0 spiro atoms. The highest BCUT2D eigenvalue weighted by atomic mass is 35.5. The minimum Gasteiger partial charge on any atom is -0.378 e. The Balaban J connectivity index is 2.04. The molecule has 106 valence electrons. The number of hydrogen-bond acceptors (Lipinski definition) is 3. The van der Waals surface area contributed by atoms with Crippen molar-refractivity contribution in [1.82, 2.24) is 10.2 Å². The number of rotatable bonds is 5. The Labute approximate surface area is 124 Å². The SMILES string of the molecule is CCNCC1COCCN1Cc1cc(Cl)ccc1Cl. The maximum atomic E-state index is 6.24. The summed E-state index contributed by atoms with van der Waals surface area (Å²) in [6.07, 6.45) is 0. The molecule has 0 saturated carbocycles. The van der Waals surface area contributed by atoms with E-state index in [1.165, 1.54) is 0 Å². The van der Waals surface area contributed by atoms with E-state index in [0.717, 1.165) is 55.0 Å². The van der Waals surface area contributed by atoms with Gasteiger partial charge in [0, 0.05) is 35.7 Å². The smallest absolute Gasteiger partial charge is 0.0635 e. The molecule has 0 radical (unpaired) electrons. The average molecular weight is 303 g/mol. The molecule has 1 aromatic carbocycles. The van der Waals surface area contributed by atoms with Gasteiger partial charge in [-0.05, 0) is 30.3 Å². The normalized spacial score (nSPS) is 20.7. The first-order valence-corrected chi connectivity index (χ1v) is 7.42. The quantitative estimate of drug-likeness (QED) is 0.905. The van der Waals surface area contributed by atoms with Gasteiger partial charge in [0.05, 0.1) is 13.2 Å². The second kappa shape index (κ2) is 7.46. The number of hydrogen-bond donors (Lipinski definition) is 1. The number of benzene rings is 1. The molecule has 1 aromatic rings. The van der Waals surface area contributed by atoms with E-state index in [2.05, 4.69) is 17.1 Å². The van der Waals surface area contributed by atoms with Crippen molar-refractivity contribution in [3.8, 4) is 0 Å². The molecule has 0 aromatic heterocycles. The fourth-order valence-corrected chi connectivity index (χ4v) is 2.65. The molecule has 1 saturated heterocycles. The molecule has 1 aliphatic rings. The predicted octanol–water partition coefficient (Wildman–Crippen LogP) is 2.80. The van der Waals surface area contributed by atoms with Crippen molar-refractivity contribution >= 4 is 23.2 Å². The molecule has 0 bridgehead atoms. The summed E-state index contributed by atoms with van der Waals surface area (Å²) in [5.41, 5.74) is 1.08. The van der Waals surface area contributed by atoms with Crippen molar-refractivity contribution in [2.45, 2.75) is 19.5 Å². The van der Waals surface area contributed by atoms with Crippen LogP contribution in [0.25, 0.3) is 0 Å². The van der Waals surface area contributed by atoms with Gasteiger partial charge < -0.3 is 10.1 Å². The van der Waals surface area contributed by atoms with Gasteiger partial charge >= 0.3 is 0 Å². The monoisotopic (exact) mass is 302 g/mol. The fourth-order valence-electron chi connectivity index (χ4n) is 2.28. The number of halogens is 2. The van der Waals surface area contributed by atoms with Crippen LogP contribution in [0, 0.1) is 0 Å². The molecule has 1 aliphatic heterocycles. The van der Waals surface area contributed by atoms with E-state index in [1.54, 1.807) is 0 Å². The van der Waals surface area contributed by atoms with Gasteiger partial charge in [-0.1, -0.05) is 30.1 Å². The van der Waals surface area contributed by atoms with Crippen molar-refractivity contribution in [1.29, 1.82) is 0 Å². The average Bonchev–Trinajstić information content (AvgIpc) is 2.42. The van der Waals surface area contributed by atoms with Crippen LogP contribution < -0.4 is 5.32 Å². The number of nitrogens with one attached hydrogen (secondary N) is 1. The lowest BCUT2D eigenvalue weighted by atomic mass is 10.1. The van der Waals surface area contributed by atoms with Crippen LogP contribution in [0.1, 0.15) is 12.5 Å². The van der Waals surface area contributed by atoms with Crippen LogP contribution in [-0.4, -0.2) is 43.8 Å². The van der Waals surface area contributed by atoms with Crippen molar-refractivity contribution in [3.63, 3.8) is 0 Å². The Bertz CT molecular complexity index is 414. The summed E-state index contributed by atoms with van der Waals surface area (Å²) in [4.78, 5) is 2.41. The molecular formula is C14H20Cl2N2O. The van der Waals surface area contributed by atoms with Gasteiger partial charge in [-0.25, -0.2) is 0 Å². The van der Waals surface area contributed by atoms with Gasteiger partial charge in [0.15, 0.2) is 0 Å². The first kappa shape index (κ1) is 15.1. The number of ether oxygens (including phenoxy) is 1. The van der Waals surface area contributed by atoms with Gasteiger partial charge in [0.2, 0.25) is 0 Å². The van der Waals surface area contributed by atoms with E-state index < -0.39 is 0 Å². The summed E-state index contributed by atoms with van der Waals surface area (Å²) < 4.78 is 5.56. The molecule has 1 N–H and O–H groups in total. The van der Waals surface area contributed by atoms with Crippen LogP contribution in [0.5, 0.6) is 0 Å². The van der Waals surface area contributed by atoms with Crippen LogP contribution in [0.2, 0.25) is 10.0 Å². The molecule has 1 unspecified atom stereocenters. The molecule has 1 fully saturated rings. The molecule has 2 rings (SSSR count). The Morgan fingerprint density at radius 3 is 3.05 bits per heavy atom. The molecule has 0 aliphatic carbocycles. The maximum Gasteiger partial charge on any atom is 0.0635 e. The lowest BCUT2D eigenvalue weighted by molar-refractivity contribution is -0.0107. The third-order valence-electron chi connectivity index (χ3n) is 3.36. The van der Waals surface area contributed by atoms with Crippen LogP contribution in [0.15, 0.2) is 18.2 Å². The van der Waals surface area contributed by atoms with Crippen molar-refractivity contribution in [3.05, 3.63) is 33.8 Å². The Kier molecular flexibility index (Phi) is 5.92. The molecule has 0 amide bonds. The summed E-state index contributed by atoms with van der Waals surface area (Å²) >= 11 is 12.3. The van der Waals surface area contributed by atoms with Crippen LogP contribution in [-0.2, 0) is 11.3 Å². The van der Waals surface area contributed by atoms with E-state index in [1.807, 2.05) is 18.2 Å². The number of morpholine rings is 1. The Hall–Kier alpha value is -0.320. The maximum absolute atomic E-state index is 6.24. The number of nitrogens with zero attached hydrogens (tertiary/aromatic N) is 1. The van der Waals surface area contributed by atoms with E-state index >= 15 is 0 Å². The zero-order valence-electron chi connectivity index (χ0n) is 11.2. The van der Waals surface area contributed by atoms with Crippen LogP contribution in [0.4, 0.5) is 0 Å². The lowest BCUT2D eigenvalue weighted by Crippen LogP contribution is -2.49. The van der Waals surface area contributed by atoms with Gasteiger partial charge in [0.25, 0.3) is 0 Å².